The lowest BCUT2D eigenvalue weighted by atomic mass is 10.0. The van der Waals surface area contributed by atoms with Crippen molar-refractivity contribution in [2.45, 2.75) is 18.7 Å². The number of benzene rings is 2. The topological polar surface area (TPSA) is 179 Å². The zero-order valence-corrected chi connectivity index (χ0v) is 15.8. The lowest BCUT2D eigenvalue weighted by molar-refractivity contribution is -0.394. The maximum atomic E-state index is 12.5. The highest BCUT2D eigenvalue weighted by Gasteiger charge is 2.25. The standard InChI is InChI=1S/C16H14N4O8S/c1-9-14(7-12(19(23)24)8-15(9)20(25)26)16(22)17-11-3-5-13(6-4-11)29(27,28)18-10(2)21/h3-8H,1-2H3,(H,17,22)(H,18,21). The van der Waals surface area contributed by atoms with Crippen LogP contribution in [-0.4, -0.2) is 30.1 Å². The highest BCUT2D eigenvalue weighted by Crippen LogP contribution is 2.28. The Balaban J connectivity index is 2.34. The van der Waals surface area contributed by atoms with E-state index in [4.69, 9.17) is 0 Å². The quantitative estimate of drug-likeness (QED) is 0.523. The number of sulfonamides is 1. The Morgan fingerprint density at radius 3 is 2.07 bits per heavy atom. The molecule has 2 aromatic carbocycles. The number of nitrogens with one attached hydrogen (secondary N) is 2. The molecule has 29 heavy (non-hydrogen) atoms. The molecule has 0 saturated carbocycles. The van der Waals surface area contributed by atoms with Gasteiger partial charge in [0.15, 0.2) is 0 Å². The second kappa shape index (κ2) is 8.02. The summed E-state index contributed by atoms with van der Waals surface area (Å²) in [5, 5.41) is 24.5. The van der Waals surface area contributed by atoms with Crippen LogP contribution in [0, 0.1) is 27.2 Å². The molecule has 0 fully saturated rings. The summed E-state index contributed by atoms with van der Waals surface area (Å²) in [5.41, 5.74) is -1.42. The first-order valence-electron chi connectivity index (χ1n) is 7.80. The summed E-state index contributed by atoms with van der Waals surface area (Å²) in [6.07, 6.45) is 0. The summed E-state index contributed by atoms with van der Waals surface area (Å²) in [5.74, 6) is -1.63. The maximum Gasteiger partial charge on any atom is 0.279 e. The molecule has 0 atom stereocenters. The average molecular weight is 422 g/mol. The fourth-order valence-electron chi connectivity index (χ4n) is 2.38. The molecule has 2 aromatic rings. The van der Waals surface area contributed by atoms with Gasteiger partial charge >= 0.3 is 0 Å². The Labute approximate surface area is 163 Å². The van der Waals surface area contributed by atoms with Crippen LogP contribution >= 0.6 is 0 Å². The molecule has 2 rings (SSSR count). The van der Waals surface area contributed by atoms with Gasteiger partial charge in [-0.25, -0.2) is 13.1 Å². The van der Waals surface area contributed by atoms with E-state index in [1.807, 2.05) is 0 Å². The van der Waals surface area contributed by atoms with Crippen molar-refractivity contribution < 1.29 is 27.9 Å². The van der Waals surface area contributed by atoms with Crippen LogP contribution in [0.4, 0.5) is 17.1 Å². The molecule has 0 bridgehead atoms. The first kappa shape index (κ1) is 21.4. The van der Waals surface area contributed by atoms with Crippen LogP contribution in [0.5, 0.6) is 0 Å². The highest BCUT2D eigenvalue weighted by atomic mass is 32.2. The van der Waals surface area contributed by atoms with E-state index in [0.717, 1.165) is 31.2 Å². The van der Waals surface area contributed by atoms with Gasteiger partial charge in [-0.3, -0.25) is 29.8 Å². The van der Waals surface area contributed by atoms with E-state index in [1.54, 1.807) is 4.72 Å². The molecule has 13 heteroatoms. The molecule has 0 unspecified atom stereocenters. The molecule has 0 aliphatic heterocycles. The van der Waals surface area contributed by atoms with E-state index in [0.29, 0.717) is 0 Å². The summed E-state index contributed by atoms with van der Waals surface area (Å²) in [4.78, 5) is 43.6. The van der Waals surface area contributed by atoms with Gasteiger partial charge in [0.1, 0.15) is 0 Å². The third-order valence-corrected chi connectivity index (χ3v) is 5.17. The second-order valence-electron chi connectivity index (χ2n) is 5.79. The zero-order chi connectivity index (χ0) is 21.9. The number of rotatable bonds is 6. The predicted octanol–water partition coefficient (Wildman–Crippen LogP) is 1.89. The number of non-ortho nitro benzene ring substituents is 1. The van der Waals surface area contributed by atoms with Crippen LogP contribution in [-0.2, 0) is 14.8 Å². The van der Waals surface area contributed by atoms with Gasteiger partial charge in [0.05, 0.1) is 26.4 Å². The van der Waals surface area contributed by atoms with Crippen LogP contribution in [0.2, 0.25) is 0 Å². The number of carbonyl (C=O) groups excluding carboxylic acids is 2. The van der Waals surface area contributed by atoms with Crippen molar-refractivity contribution in [1.29, 1.82) is 0 Å². The van der Waals surface area contributed by atoms with Crippen molar-refractivity contribution in [3.05, 3.63) is 67.8 Å². The lowest BCUT2D eigenvalue weighted by Crippen LogP contribution is -2.28. The number of nitro groups is 2. The maximum absolute atomic E-state index is 12.5. The minimum atomic E-state index is -4.06. The van der Waals surface area contributed by atoms with Gasteiger partial charge in [-0.1, -0.05) is 0 Å². The van der Waals surface area contributed by atoms with Gasteiger partial charge in [0.2, 0.25) is 5.91 Å². The number of carbonyl (C=O) groups is 2. The van der Waals surface area contributed by atoms with Crippen molar-refractivity contribution >= 4 is 38.9 Å². The monoisotopic (exact) mass is 422 g/mol. The molecular weight excluding hydrogens is 408 g/mol. The minimum absolute atomic E-state index is 0.0667. The Hall–Kier alpha value is -3.87. The largest absolute Gasteiger partial charge is 0.322 e. The molecule has 0 saturated heterocycles. The van der Waals surface area contributed by atoms with Crippen molar-refractivity contribution in [2.75, 3.05) is 5.32 Å². The van der Waals surface area contributed by atoms with Crippen LogP contribution in [0.1, 0.15) is 22.8 Å². The van der Waals surface area contributed by atoms with Crippen molar-refractivity contribution in [1.82, 2.24) is 4.72 Å². The molecule has 152 valence electrons. The van der Waals surface area contributed by atoms with Gasteiger partial charge in [-0.05, 0) is 31.2 Å². The third-order valence-electron chi connectivity index (χ3n) is 3.72. The molecule has 0 aliphatic carbocycles. The molecule has 2 N–H and O–H groups in total. The lowest BCUT2D eigenvalue weighted by Gasteiger charge is -2.09. The number of hydrogen-bond acceptors (Lipinski definition) is 8. The highest BCUT2D eigenvalue weighted by molar-refractivity contribution is 7.90. The summed E-state index contributed by atoms with van der Waals surface area (Å²) in [6, 6.07) is 6.38. The second-order valence-corrected chi connectivity index (χ2v) is 7.47. The Morgan fingerprint density at radius 2 is 1.59 bits per heavy atom. The van der Waals surface area contributed by atoms with Gasteiger partial charge in [0.25, 0.3) is 27.3 Å². The van der Waals surface area contributed by atoms with E-state index in [9.17, 15) is 38.2 Å². The van der Waals surface area contributed by atoms with E-state index in [2.05, 4.69) is 5.32 Å². The summed E-state index contributed by atoms with van der Waals surface area (Å²) < 4.78 is 25.6. The van der Waals surface area contributed by atoms with Crippen molar-refractivity contribution in [3.63, 3.8) is 0 Å². The van der Waals surface area contributed by atoms with Crippen LogP contribution in [0.3, 0.4) is 0 Å². The predicted molar refractivity (Wildman–Crippen MR) is 99.9 cm³/mol. The first-order valence-corrected chi connectivity index (χ1v) is 9.29. The van der Waals surface area contributed by atoms with E-state index >= 15 is 0 Å². The molecule has 0 aliphatic rings. The van der Waals surface area contributed by atoms with Crippen LogP contribution in [0.15, 0.2) is 41.3 Å². The van der Waals surface area contributed by atoms with Gasteiger partial charge in [0, 0.05) is 24.2 Å². The van der Waals surface area contributed by atoms with Crippen LogP contribution in [0.25, 0.3) is 0 Å². The first-order chi connectivity index (χ1) is 13.4. The van der Waals surface area contributed by atoms with E-state index in [-0.39, 0.29) is 21.7 Å². The number of nitrogens with zero attached hydrogens (tertiary/aromatic N) is 2. The molecule has 2 amide bonds. The Bertz CT molecular complexity index is 1130. The number of amides is 2. The third kappa shape index (κ3) is 4.90. The zero-order valence-electron chi connectivity index (χ0n) is 15.0. The van der Waals surface area contributed by atoms with Gasteiger partial charge < -0.3 is 5.32 Å². The molecule has 12 nitrogen and oxygen atoms in total. The molecular formula is C16H14N4O8S. The fraction of sp³-hybridized carbons (Fsp3) is 0.125. The molecule has 0 aromatic heterocycles. The van der Waals surface area contributed by atoms with E-state index in [1.165, 1.54) is 19.1 Å². The van der Waals surface area contributed by atoms with Gasteiger partial charge in [-0.15, -0.1) is 0 Å². The van der Waals surface area contributed by atoms with Gasteiger partial charge in [-0.2, -0.15) is 0 Å². The van der Waals surface area contributed by atoms with Crippen molar-refractivity contribution in [2.24, 2.45) is 0 Å². The summed E-state index contributed by atoms with van der Waals surface area (Å²) in [6.45, 7) is 2.31. The molecule has 0 heterocycles. The van der Waals surface area contributed by atoms with E-state index < -0.39 is 43.1 Å². The van der Waals surface area contributed by atoms with Crippen molar-refractivity contribution in [3.8, 4) is 0 Å². The minimum Gasteiger partial charge on any atom is -0.322 e. The molecule has 0 radical (unpaired) electrons. The fourth-order valence-corrected chi connectivity index (χ4v) is 3.37. The summed E-state index contributed by atoms with van der Waals surface area (Å²) in [7, 11) is -4.06. The molecule has 0 spiro atoms. The number of anilines is 1. The number of hydrogen-bond donors (Lipinski definition) is 2. The van der Waals surface area contributed by atoms with Crippen LogP contribution < -0.4 is 10.0 Å². The Kier molecular flexibility index (Phi) is 5.92. The average Bonchev–Trinajstić information content (AvgIpc) is 2.60. The summed E-state index contributed by atoms with van der Waals surface area (Å²) >= 11 is 0. The SMILES string of the molecule is CC(=O)NS(=O)(=O)c1ccc(NC(=O)c2cc([N+](=O)[O-])cc([N+](=O)[O-])c2C)cc1. The smallest absolute Gasteiger partial charge is 0.279 e. The number of nitro benzene ring substituents is 2. The normalized spacial score (nSPS) is 10.8. The Morgan fingerprint density at radius 1 is 1.00 bits per heavy atom.